The van der Waals surface area contributed by atoms with Crippen molar-refractivity contribution in [3.63, 3.8) is 0 Å². The average Bonchev–Trinajstić information content (AvgIpc) is 2.77. The zero-order valence-corrected chi connectivity index (χ0v) is 10.9. The van der Waals surface area contributed by atoms with Gasteiger partial charge < -0.3 is 19.8 Å². The topological polar surface area (TPSA) is 80.6 Å². The summed E-state index contributed by atoms with van der Waals surface area (Å²) in [6.07, 6.45) is 2.51. The Morgan fingerprint density at radius 2 is 2.37 bits per heavy atom. The van der Waals surface area contributed by atoms with Crippen LogP contribution in [0.25, 0.3) is 0 Å². The maximum atomic E-state index is 12.0. The molecule has 0 aromatic carbocycles. The molecule has 104 valence electrons. The first-order valence-electron chi connectivity index (χ1n) is 6.37. The molecule has 1 aromatic heterocycles. The number of carbonyl (C=O) groups excluding carboxylic acids is 2. The van der Waals surface area contributed by atoms with E-state index in [1.165, 1.54) is 0 Å². The summed E-state index contributed by atoms with van der Waals surface area (Å²) >= 11 is 0. The van der Waals surface area contributed by atoms with Crippen molar-refractivity contribution in [1.82, 2.24) is 10.6 Å². The molecule has 1 saturated heterocycles. The van der Waals surface area contributed by atoms with Crippen LogP contribution in [0.4, 0.5) is 0 Å². The van der Waals surface area contributed by atoms with Crippen LogP contribution in [-0.2, 0) is 16.1 Å². The summed E-state index contributed by atoms with van der Waals surface area (Å²) in [7, 11) is 1.55. The highest BCUT2D eigenvalue weighted by molar-refractivity contribution is 5.95. The summed E-state index contributed by atoms with van der Waals surface area (Å²) in [4.78, 5) is 23.7. The first kappa shape index (κ1) is 13.6. The van der Waals surface area contributed by atoms with E-state index in [2.05, 4.69) is 10.6 Å². The van der Waals surface area contributed by atoms with Crippen molar-refractivity contribution < 1.29 is 18.7 Å². The van der Waals surface area contributed by atoms with E-state index in [-0.39, 0.29) is 17.6 Å². The molecule has 6 heteroatoms. The van der Waals surface area contributed by atoms with Gasteiger partial charge in [-0.2, -0.15) is 0 Å². The van der Waals surface area contributed by atoms with Gasteiger partial charge in [-0.25, -0.2) is 0 Å². The van der Waals surface area contributed by atoms with Gasteiger partial charge in [0.25, 0.3) is 5.91 Å². The van der Waals surface area contributed by atoms with Crippen LogP contribution in [-0.4, -0.2) is 31.5 Å². The Morgan fingerprint density at radius 3 is 3.16 bits per heavy atom. The quantitative estimate of drug-likeness (QED) is 0.845. The Kier molecular flexibility index (Phi) is 4.57. The maximum Gasteiger partial charge on any atom is 0.287 e. The molecule has 2 amide bonds. The van der Waals surface area contributed by atoms with Gasteiger partial charge in [0.05, 0.1) is 0 Å². The standard InChI is InChI=1S/C13H18N2O4/c1-18-8-9-5-6-11(19-9)13(17)15-10-4-2-3-7-14-12(10)16/h5-6,10H,2-4,7-8H2,1H3,(H,14,16)(H,15,17). The summed E-state index contributed by atoms with van der Waals surface area (Å²) in [5, 5.41) is 5.47. The molecule has 1 unspecified atom stereocenters. The molecule has 1 atom stereocenters. The molecule has 1 aliphatic heterocycles. The van der Waals surface area contributed by atoms with Crippen LogP contribution in [0.5, 0.6) is 0 Å². The largest absolute Gasteiger partial charge is 0.453 e. The summed E-state index contributed by atoms with van der Waals surface area (Å²) in [6, 6.07) is 2.79. The maximum absolute atomic E-state index is 12.0. The predicted octanol–water partition coefficient (Wildman–Crippen LogP) is 0.825. The highest BCUT2D eigenvalue weighted by atomic mass is 16.5. The van der Waals surface area contributed by atoms with Crippen LogP contribution >= 0.6 is 0 Å². The number of hydrogen-bond donors (Lipinski definition) is 2. The minimum atomic E-state index is -0.481. The number of furan rings is 1. The number of hydrogen-bond acceptors (Lipinski definition) is 4. The van der Waals surface area contributed by atoms with E-state index in [0.29, 0.717) is 25.3 Å². The number of ether oxygens (including phenoxy) is 1. The van der Waals surface area contributed by atoms with Crippen LogP contribution in [0.2, 0.25) is 0 Å². The van der Waals surface area contributed by atoms with Crippen molar-refractivity contribution in [3.8, 4) is 0 Å². The van der Waals surface area contributed by atoms with E-state index in [4.69, 9.17) is 9.15 Å². The molecular weight excluding hydrogens is 248 g/mol. The zero-order valence-electron chi connectivity index (χ0n) is 10.9. The molecule has 1 aromatic rings. The van der Waals surface area contributed by atoms with E-state index in [9.17, 15) is 9.59 Å². The molecule has 0 spiro atoms. The van der Waals surface area contributed by atoms with Crippen molar-refractivity contribution in [2.24, 2.45) is 0 Å². The molecule has 2 rings (SSSR count). The number of nitrogens with one attached hydrogen (secondary N) is 2. The summed E-state index contributed by atoms with van der Waals surface area (Å²) in [5.41, 5.74) is 0. The average molecular weight is 266 g/mol. The van der Waals surface area contributed by atoms with E-state index in [1.54, 1.807) is 19.2 Å². The van der Waals surface area contributed by atoms with Gasteiger partial charge in [0.1, 0.15) is 18.4 Å². The van der Waals surface area contributed by atoms with Gasteiger partial charge in [-0.15, -0.1) is 0 Å². The fourth-order valence-electron chi connectivity index (χ4n) is 2.03. The van der Waals surface area contributed by atoms with Crippen molar-refractivity contribution in [1.29, 1.82) is 0 Å². The Bertz CT molecular complexity index is 455. The molecule has 0 bridgehead atoms. The Morgan fingerprint density at radius 1 is 1.53 bits per heavy atom. The van der Waals surface area contributed by atoms with E-state index in [1.807, 2.05) is 0 Å². The third-order valence-electron chi connectivity index (χ3n) is 3.01. The van der Waals surface area contributed by atoms with Crippen molar-refractivity contribution in [2.75, 3.05) is 13.7 Å². The smallest absolute Gasteiger partial charge is 0.287 e. The molecule has 6 nitrogen and oxygen atoms in total. The number of methoxy groups -OCH3 is 1. The number of carbonyl (C=O) groups is 2. The predicted molar refractivity (Wildman–Crippen MR) is 67.5 cm³/mol. The fourth-order valence-corrected chi connectivity index (χ4v) is 2.03. The molecular formula is C13H18N2O4. The first-order chi connectivity index (χ1) is 9.20. The summed E-state index contributed by atoms with van der Waals surface area (Å²) in [6.45, 7) is 0.987. The lowest BCUT2D eigenvalue weighted by molar-refractivity contribution is -0.122. The molecule has 1 aliphatic rings. The van der Waals surface area contributed by atoms with Gasteiger partial charge in [-0.05, 0) is 31.4 Å². The Hall–Kier alpha value is -1.82. The SMILES string of the molecule is COCc1ccc(C(=O)NC2CCCCNC2=O)o1. The molecule has 0 radical (unpaired) electrons. The first-order valence-corrected chi connectivity index (χ1v) is 6.37. The van der Waals surface area contributed by atoms with Gasteiger partial charge in [0.15, 0.2) is 5.76 Å². The summed E-state index contributed by atoms with van der Waals surface area (Å²) < 4.78 is 10.2. The lowest BCUT2D eigenvalue weighted by atomic mass is 10.1. The molecule has 1 fully saturated rings. The van der Waals surface area contributed by atoms with E-state index < -0.39 is 6.04 Å². The van der Waals surface area contributed by atoms with Crippen LogP contribution in [0.15, 0.2) is 16.5 Å². The lowest BCUT2D eigenvalue weighted by Gasteiger charge is -2.13. The third-order valence-corrected chi connectivity index (χ3v) is 3.01. The van der Waals surface area contributed by atoms with Gasteiger partial charge in [-0.3, -0.25) is 9.59 Å². The fraction of sp³-hybridized carbons (Fsp3) is 0.538. The van der Waals surface area contributed by atoms with Crippen LogP contribution in [0, 0.1) is 0 Å². The zero-order chi connectivity index (χ0) is 13.7. The highest BCUT2D eigenvalue weighted by Crippen LogP contribution is 2.11. The molecule has 19 heavy (non-hydrogen) atoms. The molecule has 2 heterocycles. The number of amides is 2. The second kappa shape index (κ2) is 6.38. The second-order valence-electron chi connectivity index (χ2n) is 4.51. The van der Waals surface area contributed by atoms with E-state index in [0.717, 1.165) is 12.8 Å². The van der Waals surface area contributed by atoms with E-state index >= 15 is 0 Å². The Balaban J connectivity index is 1.96. The van der Waals surface area contributed by atoms with Crippen LogP contribution < -0.4 is 10.6 Å². The monoisotopic (exact) mass is 266 g/mol. The third kappa shape index (κ3) is 3.57. The molecule has 0 aliphatic carbocycles. The van der Waals surface area contributed by atoms with Gasteiger partial charge in [0, 0.05) is 13.7 Å². The minimum Gasteiger partial charge on any atom is -0.453 e. The van der Waals surface area contributed by atoms with Crippen molar-refractivity contribution in [3.05, 3.63) is 23.7 Å². The van der Waals surface area contributed by atoms with Gasteiger partial charge in [0.2, 0.25) is 5.91 Å². The number of rotatable bonds is 4. The Labute approximate surface area is 111 Å². The summed E-state index contributed by atoms with van der Waals surface area (Å²) in [5.74, 6) is 0.279. The highest BCUT2D eigenvalue weighted by Gasteiger charge is 2.24. The van der Waals surface area contributed by atoms with Crippen LogP contribution in [0.1, 0.15) is 35.6 Å². The lowest BCUT2D eigenvalue weighted by Crippen LogP contribution is -2.45. The second-order valence-corrected chi connectivity index (χ2v) is 4.51. The van der Waals surface area contributed by atoms with Crippen molar-refractivity contribution in [2.45, 2.75) is 31.9 Å². The normalized spacial score (nSPS) is 19.6. The minimum absolute atomic E-state index is 0.130. The molecule has 0 saturated carbocycles. The van der Waals surface area contributed by atoms with Crippen molar-refractivity contribution >= 4 is 11.8 Å². The van der Waals surface area contributed by atoms with Crippen LogP contribution in [0.3, 0.4) is 0 Å². The van der Waals surface area contributed by atoms with Gasteiger partial charge in [-0.1, -0.05) is 0 Å². The molecule has 2 N–H and O–H groups in total. The van der Waals surface area contributed by atoms with Gasteiger partial charge >= 0.3 is 0 Å².